The third-order valence-electron chi connectivity index (χ3n) is 10.4. The second-order valence-corrected chi connectivity index (χ2v) is 16.3. The highest BCUT2D eigenvalue weighted by Crippen LogP contribution is 2.23. The van der Waals surface area contributed by atoms with Gasteiger partial charge < -0.3 is 27.1 Å². The number of nitrogens with two attached hydrogens (primary N) is 4. The molecular weight excluding hydrogens is 1030 g/mol. The van der Waals surface area contributed by atoms with Crippen LogP contribution < -0.4 is 28.7 Å². The van der Waals surface area contributed by atoms with Crippen molar-refractivity contribution in [3.05, 3.63) is 246 Å². The van der Waals surface area contributed by atoms with E-state index < -0.39 is 7.12 Å². The molecular formula is C58H56BBrN14O3. The predicted octanol–water partition coefficient (Wildman–Crippen LogP) is 8.44. The van der Waals surface area contributed by atoms with E-state index in [4.69, 9.17) is 32.1 Å². The Morgan fingerprint density at radius 2 is 0.961 bits per heavy atom. The molecule has 9 rings (SSSR count). The lowest BCUT2D eigenvalue weighted by Crippen LogP contribution is -2.29. The summed E-state index contributed by atoms with van der Waals surface area (Å²) in [5, 5.41) is 44.7. The predicted molar refractivity (Wildman–Crippen MR) is 314 cm³/mol. The number of halogens is 1. The van der Waals surface area contributed by atoms with Crippen LogP contribution in [0, 0.1) is 29.6 Å². The topological polar surface area (TPSA) is 329 Å². The van der Waals surface area contributed by atoms with Gasteiger partial charge in [-0.1, -0.05) is 160 Å². The van der Waals surface area contributed by atoms with Crippen molar-refractivity contribution in [1.82, 2.24) is 35.1 Å². The molecule has 386 valence electrons. The van der Waals surface area contributed by atoms with E-state index in [2.05, 4.69) is 106 Å². The highest BCUT2D eigenvalue weighted by Gasteiger charge is 2.09. The van der Waals surface area contributed by atoms with Crippen molar-refractivity contribution < 1.29 is 15.5 Å². The molecule has 77 heavy (non-hydrogen) atoms. The molecule has 0 radical (unpaired) electrons. The van der Waals surface area contributed by atoms with Crippen LogP contribution in [0.5, 0.6) is 0 Å². The smallest absolute Gasteiger partial charge is 0.423 e. The van der Waals surface area contributed by atoms with E-state index in [1.54, 1.807) is 79.3 Å². The van der Waals surface area contributed by atoms with Gasteiger partial charge in [-0.25, -0.2) is 15.0 Å². The number of hydrogen-bond acceptors (Lipinski definition) is 14. The molecule has 0 spiro atoms. The van der Waals surface area contributed by atoms with Crippen LogP contribution in [0.4, 0.5) is 0 Å². The first-order valence-corrected chi connectivity index (χ1v) is 23.5. The minimum absolute atomic E-state index is 0. The van der Waals surface area contributed by atoms with Gasteiger partial charge in [0, 0.05) is 46.0 Å². The number of H-pyrrole nitrogens is 1. The number of nitrogens with one attached hydrogen (secondary N) is 1. The second-order valence-electron chi connectivity index (χ2n) is 15.4. The van der Waals surface area contributed by atoms with Crippen molar-refractivity contribution in [2.24, 2.45) is 28.4 Å². The number of pyridine rings is 4. The first kappa shape index (κ1) is 61.5. The van der Waals surface area contributed by atoms with Crippen molar-refractivity contribution in [2.45, 2.75) is 6.92 Å². The molecule has 0 unspecified atom stereocenters. The van der Waals surface area contributed by atoms with Crippen LogP contribution in [0.1, 0.15) is 45.2 Å². The van der Waals surface area contributed by atoms with Crippen LogP contribution in [0.25, 0.3) is 69.2 Å². The Bertz CT molecular complexity index is 3340. The van der Waals surface area contributed by atoms with Crippen LogP contribution >= 0.6 is 15.9 Å². The number of hydrogen-bond donors (Lipinski definition) is 7. The molecule has 5 aromatic heterocycles. The molecule has 0 bridgehead atoms. The number of hydrazone groups is 1. The number of aromatic amines is 1. The fraction of sp³-hybridized carbons (Fsp3) is 0.0172. The lowest BCUT2D eigenvalue weighted by Gasteiger charge is -2.03. The molecule has 0 atom stereocenters. The summed E-state index contributed by atoms with van der Waals surface area (Å²) in [6.45, 7) is 16.6. The van der Waals surface area contributed by atoms with Crippen LogP contribution in [-0.4, -0.2) is 63.6 Å². The normalized spacial score (nSPS) is 9.69. The first-order chi connectivity index (χ1) is 36.9. The summed E-state index contributed by atoms with van der Waals surface area (Å²) in [5.41, 5.74) is 18.9. The Kier molecular flexibility index (Phi) is 26.4. The maximum atomic E-state index is 8.72. The maximum absolute atomic E-state index is 8.72. The van der Waals surface area contributed by atoms with E-state index in [-0.39, 0.29) is 11.3 Å². The second kappa shape index (κ2) is 33.1. The molecule has 5 heterocycles. The molecule has 9 aromatic rings. The molecule has 19 heteroatoms. The van der Waals surface area contributed by atoms with Gasteiger partial charge in [0.25, 0.3) is 0 Å². The number of rotatable bonds is 10. The molecule has 4 aromatic carbocycles. The molecule has 0 saturated heterocycles. The standard InChI is InChI=1S/C16H14N4.C14H14N4.C14H10N2.C8H9BO2.C6H3BrN2.H4N2.H2O/c1-3-12-4-6-13(7-5-12)14-8-9-15(17-10-14)16-18-11(2)19-20-16;1-2-10-3-5-11(6-4-10)12-7-8-13(17-9-12)14(15)18-16;1-2-11-3-5-12(6-4-11)13-7-8-14(9-15)16-10-13;1-2-7-3-5-8(6-4-7)9(10)11;7-5-1-2-6(3-8)9-4-5;1-2;/h3-10H,1H2,2H3,(H,18,19,20);2-9H,1,16H2,(H2,15,18);2-8,10H,1H2;2-6,10-11H,1H2;1-2,4H;1-2H2;1H2. The third kappa shape index (κ3) is 19.8. The van der Waals surface area contributed by atoms with Gasteiger partial charge in [0.05, 0.1) is 0 Å². The SMILES string of the molecule is C=Cc1ccc(-c2ccc(-c3n[nH]c(C)n3)nc2)cc1.C=Cc1ccc(-c2ccc(C#N)nc2)cc1.C=Cc1ccc(-c2ccc(C(N)=NN)nc2)cc1.C=Cc1ccc(B(O)O)cc1.N#Cc1ccc(Br)cn1.NN.O. The summed E-state index contributed by atoms with van der Waals surface area (Å²) in [4.78, 5) is 20.7. The molecule has 0 aliphatic carbocycles. The molecule has 0 saturated carbocycles. The number of nitriles is 2. The highest BCUT2D eigenvalue weighted by atomic mass is 79.9. The van der Waals surface area contributed by atoms with Crippen molar-refractivity contribution >= 4 is 58.7 Å². The highest BCUT2D eigenvalue weighted by molar-refractivity contribution is 9.10. The number of hydrazine groups is 1. The van der Waals surface area contributed by atoms with Gasteiger partial charge in [0.15, 0.2) is 11.7 Å². The Hall–Kier alpha value is -9.83. The van der Waals surface area contributed by atoms with E-state index in [1.165, 1.54) is 0 Å². The summed E-state index contributed by atoms with van der Waals surface area (Å²) < 4.78 is 0.890. The van der Waals surface area contributed by atoms with Gasteiger partial charge in [-0.3, -0.25) is 26.8 Å². The van der Waals surface area contributed by atoms with Crippen molar-refractivity contribution in [3.8, 4) is 57.0 Å². The Labute approximate surface area is 456 Å². The largest absolute Gasteiger partial charge is 0.488 e. The zero-order valence-corrected chi connectivity index (χ0v) is 43.6. The summed E-state index contributed by atoms with van der Waals surface area (Å²) in [5.74, 6) is 14.7. The Morgan fingerprint density at radius 1 is 0.571 bits per heavy atom. The van der Waals surface area contributed by atoms with Crippen molar-refractivity contribution in [1.29, 1.82) is 10.5 Å². The summed E-state index contributed by atoms with van der Waals surface area (Å²) in [6, 6.07) is 49.8. The van der Waals surface area contributed by atoms with Gasteiger partial charge in [-0.2, -0.15) is 20.7 Å². The van der Waals surface area contributed by atoms with Gasteiger partial charge >= 0.3 is 7.12 Å². The van der Waals surface area contributed by atoms with E-state index in [0.717, 1.165) is 71.6 Å². The average Bonchev–Trinajstić information content (AvgIpc) is 3.94. The van der Waals surface area contributed by atoms with Crippen LogP contribution in [-0.2, 0) is 0 Å². The Morgan fingerprint density at radius 3 is 1.27 bits per heavy atom. The zero-order valence-electron chi connectivity index (χ0n) is 42.0. The van der Waals surface area contributed by atoms with Gasteiger partial charge in [-0.15, -0.1) is 0 Å². The van der Waals surface area contributed by atoms with E-state index >= 15 is 0 Å². The number of aromatic nitrogens is 7. The van der Waals surface area contributed by atoms with E-state index in [0.29, 0.717) is 28.4 Å². The fourth-order valence-corrected chi connectivity index (χ4v) is 6.48. The van der Waals surface area contributed by atoms with E-state index in [1.807, 2.05) is 122 Å². The minimum Gasteiger partial charge on any atom is -0.423 e. The maximum Gasteiger partial charge on any atom is 0.488 e. The lowest BCUT2D eigenvalue weighted by molar-refractivity contribution is 0.426. The van der Waals surface area contributed by atoms with Crippen molar-refractivity contribution in [2.75, 3.05) is 0 Å². The van der Waals surface area contributed by atoms with Gasteiger partial charge in [-0.05, 0) is 104 Å². The third-order valence-corrected chi connectivity index (χ3v) is 10.9. The summed E-state index contributed by atoms with van der Waals surface area (Å²) >= 11 is 3.20. The number of nitrogens with zero attached hydrogens (tertiary/aromatic N) is 9. The monoisotopic (exact) mass is 1090 g/mol. The molecule has 17 nitrogen and oxygen atoms in total. The van der Waals surface area contributed by atoms with Crippen LogP contribution in [0.3, 0.4) is 0 Å². The van der Waals surface area contributed by atoms with Gasteiger partial charge in [0.1, 0.15) is 40.7 Å². The molecule has 0 aliphatic heterocycles. The zero-order chi connectivity index (χ0) is 55.2. The minimum atomic E-state index is -1.38. The van der Waals surface area contributed by atoms with Crippen LogP contribution in [0.2, 0.25) is 0 Å². The summed E-state index contributed by atoms with van der Waals surface area (Å²) in [7, 11) is -1.38. The lowest BCUT2D eigenvalue weighted by atomic mass is 9.80. The molecule has 0 amide bonds. The average molecular weight is 1090 g/mol. The molecule has 0 fully saturated rings. The first-order valence-electron chi connectivity index (χ1n) is 22.7. The van der Waals surface area contributed by atoms with Gasteiger partial charge in [0.2, 0.25) is 0 Å². The molecule has 0 aliphatic rings. The van der Waals surface area contributed by atoms with E-state index in [9.17, 15) is 0 Å². The number of benzene rings is 4. The number of aryl methyl sites for hydroxylation is 1. The quantitative estimate of drug-likeness (QED) is 0.0222. The summed E-state index contributed by atoms with van der Waals surface area (Å²) in [6.07, 6.45) is 14.0. The van der Waals surface area contributed by atoms with Crippen LogP contribution in [0.15, 0.2) is 206 Å². The number of amidine groups is 1. The fourth-order valence-electron chi connectivity index (χ4n) is 6.25. The Balaban J connectivity index is 0.000000257. The molecule has 13 N–H and O–H groups in total. The van der Waals surface area contributed by atoms with Crippen molar-refractivity contribution in [3.63, 3.8) is 0 Å².